The van der Waals surface area contributed by atoms with Crippen LogP contribution in [0.1, 0.15) is 0 Å². The first-order valence-electron chi connectivity index (χ1n) is 4.46. The number of nitrogens with one attached hydrogen (secondary N) is 1. The lowest BCUT2D eigenvalue weighted by atomic mass is 10.3. The molecule has 16 heavy (non-hydrogen) atoms. The van der Waals surface area contributed by atoms with Gasteiger partial charge in [0.15, 0.2) is 0 Å². The van der Waals surface area contributed by atoms with E-state index in [4.69, 9.17) is 5.73 Å². The Balaban J connectivity index is 2.27. The van der Waals surface area contributed by atoms with Crippen molar-refractivity contribution in [3.8, 4) is 0 Å². The molecule has 0 aliphatic heterocycles. The third-order valence-electron chi connectivity index (χ3n) is 1.80. The van der Waals surface area contributed by atoms with Gasteiger partial charge in [0.2, 0.25) is 5.95 Å². The van der Waals surface area contributed by atoms with E-state index in [1.165, 1.54) is 0 Å². The third kappa shape index (κ3) is 2.93. The molecule has 0 atom stereocenters. The van der Waals surface area contributed by atoms with E-state index in [0.29, 0.717) is 16.4 Å². The molecule has 4 nitrogen and oxygen atoms in total. The van der Waals surface area contributed by atoms with Gasteiger partial charge in [0.25, 0.3) is 0 Å². The van der Waals surface area contributed by atoms with Crippen molar-refractivity contribution in [3.05, 3.63) is 39.4 Å². The highest BCUT2D eigenvalue weighted by Crippen LogP contribution is 2.20. The van der Waals surface area contributed by atoms with Gasteiger partial charge in [-0.1, -0.05) is 22.0 Å². The summed E-state index contributed by atoms with van der Waals surface area (Å²) in [4.78, 5) is 8.23. The molecule has 0 aliphatic rings. The minimum atomic E-state index is 0.416. The number of nitrogens with two attached hydrogens (primary N) is 1. The van der Waals surface area contributed by atoms with Crippen molar-refractivity contribution < 1.29 is 0 Å². The SMILES string of the molecule is Nc1cc(Br)nc(Nc2cccc(Br)c2)n1. The van der Waals surface area contributed by atoms with Gasteiger partial charge in [-0.2, -0.15) is 4.98 Å². The van der Waals surface area contributed by atoms with Gasteiger partial charge in [-0.3, -0.25) is 0 Å². The zero-order chi connectivity index (χ0) is 11.5. The Morgan fingerprint density at radius 2 is 1.94 bits per heavy atom. The van der Waals surface area contributed by atoms with Crippen molar-refractivity contribution >= 4 is 49.3 Å². The summed E-state index contributed by atoms with van der Waals surface area (Å²) in [5.74, 6) is 0.879. The molecule has 6 heteroatoms. The quantitative estimate of drug-likeness (QED) is 0.821. The summed E-state index contributed by atoms with van der Waals surface area (Å²) in [6, 6.07) is 9.37. The van der Waals surface area contributed by atoms with Crippen LogP contribution in [-0.2, 0) is 0 Å². The van der Waals surface area contributed by atoms with Gasteiger partial charge in [0.05, 0.1) is 0 Å². The maximum atomic E-state index is 5.61. The smallest absolute Gasteiger partial charge is 0.230 e. The van der Waals surface area contributed by atoms with Crippen LogP contribution in [0.3, 0.4) is 0 Å². The molecule has 0 radical (unpaired) electrons. The second-order valence-electron chi connectivity index (χ2n) is 3.07. The zero-order valence-electron chi connectivity index (χ0n) is 8.11. The molecule has 0 unspecified atom stereocenters. The summed E-state index contributed by atoms with van der Waals surface area (Å²) in [7, 11) is 0. The Bertz CT molecular complexity index is 496. The van der Waals surface area contributed by atoms with Gasteiger partial charge in [-0.15, -0.1) is 0 Å². The van der Waals surface area contributed by atoms with E-state index >= 15 is 0 Å². The molecule has 0 spiro atoms. The number of nitrogens with zero attached hydrogens (tertiary/aromatic N) is 2. The van der Waals surface area contributed by atoms with Gasteiger partial charge < -0.3 is 11.1 Å². The molecule has 0 amide bonds. The summed E-state index contributed by atoms with van der Waals surface area (Å²) >= 11 is 6.65. The van der Waals surface area contributed by atoms with Crippen LogP contribution < -0.4 is 11.1 Å². The molecule has 0 fully saturated rings. The average Bonchev–Trinajstić information content (AvgIpc) is 2.15. The predicted molar refractivity (Wildman–Crippen MR) is 71.6 cm³/mol. The minimum Gasteiger partial charge on any atom is -0.383 e. The van der Waals surface area contributed by atoms with Gasteiger partial charge in [-0.05, 0) is 34.1 Å². The fourth-order valence-electron chi connectivity index (χ4n) is 1.19. The molecule has 82 valence electrons. The van der Waals surface area contributed by atoms with E-state index in [-0.39, 0.29) is 0 Å². The number of hydrogen-bond acceptors (Lipinski definition) is 4. The van der Waals surface area contributed by atoms with Gasteiger partial charge in [0.1, 0.15) is 10.4 Å². The van der Waals surface area contributed by atoms with E-state index in [1.807, 2.05) is 24.3 Å². The second kappa shape index (κ2) is 4.80. The fraction of sp³-hybridized carbons (Fsp3) is 0. The summed E-state index contributed by atoms with van der Waals surface area (Å²) in [6.07, 6.45) is 0. The average molecular weight is 344 g/mol. The molecular formula is C10H8Br2N4. The lowest BCUT2D eigenvalue weighted by molar-refractivity contribution is 1.15. The molecule has 2 aromatic rings. The molecule has 1 aromatic heterocycles. The van der Waals surface area contributed by atoms with E-state index in [9.17, 15) is 0 Å². The van der Waals surface area contributed by atoms with Crippen molar-refractivity contribution in [2.75, 3.05) is 11.1 Å². The van der Waals surface area contributed by atoms with Gasteiger partial charge in [-0.25, -0.2) is 4.98 Å². The first-order valence-corrected chi connectivity index (χ1v) is 6.05. The molecule has 1 heterocycles. The van der Waals surface area contributed by atoms with Crippen molar-refractivity contribution in [2.45, 2.75) is 0 Å². The van der Waals surface area contributed by atoms with Crippen molar-refractivity contribution in [2.24, 2.45) is 0 Å². The lowest BCUT2D eigenvalue weighted by Crippen LogP contribution is -2.00. The first kappa shape index (κ1) is 11.3. The molecule has 0 saturated heterocycles. The van der Waals surface area contributed by atoms with Crippen LogP contribution in [-0.4, -0.2) is 9.97 Å². The molecule has 0 aliphatic carbocycles. The van der Waals surface area contributed by atoms with Crippen LogP contribution in [0.15, 0.2) is 39.4 Å². The van der Waals surface area contributed by atoms with Gasteiger partial charge in [0, 0.05) is 16.2 Å². The summed E-state index contributed by atoms with van der Waals surface area (Å²) in [5.41, 5.74) is 6.51. The number of nitrogen functional groups attached to an aromatic ring is 1. The van der Waals surface area contributed by atoms with Crippen LogP contribution in [0.25, 0.3) is 0 Å². The maximum Gasteiger partial charge on any atom is 0.230 e. The lowest BCUT2D eigenvalue weighted by Gasteiger charge is -2.05. The first-order chi connectivity index (χ1) is 7.63. The highest BCUT2D eigenvalue weighted by Gasteiger charge is 2.01. The monoisotopic (exact) mass is 342 g/mol. The molecular weight excluding hydrogens is 336 g/mol. The Hall–Kier alpha value is -1.14. The van der Waals surface area contributed by atoms with Crippen molar-refractivity contribution in [1.29, 1.82) is 0 Å². The number of rotatable bonds is 2. The normalized spacial score (nSPS) is 10.1. The third-order valence-corrected chi connectivity index (χ3v) is 2.69. The topological polar surface area (TPSA) is 63.8 Å². The number of anilines is 3. The fourth-order valence-corrected chi connectivity index (χ4v) is 1.99. The highest BCUT2D eigenvalue weighted by atomic mass is 79.9. The van der Waals surface area contributed by atoms with Crippen molar-refractivity contribution in [1.82, 2.24) is 9.97 Å². The Labute approximate surface area is 110 Å². The summed E-state index contributed by atoms with van der Waals surface area (Å²) in [5, 5.41) is 3.06. The molecule has 0 saturated carbocycles. The van der Waals surface area contributed by atoms with E-state index in [2.05, 4.69) is 47.1 Å². The van der Waals surface area contributed by atoms with Crippen LogP contribution in [0.5, 0.6) is 0 Å². The predicted octanol–water partition coefficient (Wildman–Crippen LogP) is 3.33. The summed E-state index contributed by atoms with van der Waals surface area (Å²) < 4.78 is 1.64. The molecule has 0 bridgehead atoms. The Morgan fingerprint density at radius 3 is 2.62 bits per heavy atom. The van der Waals surface area contributed by atoms with E-state index in [1.54, 1.807) is 6.07 Å². The molecule has 3 N–H and O–H groups in total. The van der Waals surface area contributed by atoms with E-state index < -0.39 is 0 Å². The number of aromatic nitrogens is 2. The van der Waals surface area contributed by atoms with E-state index in [0.717, 1.165) is 10.2 Å². The highest BCUT2D eigenvalue weighted by molar-refractivity contribution is 9.10. The minimum absolute atomic E-state index is 0.416. The van der Waals surface area contributed by atoms with Crippen LogP contribution in [0, 0.1) is 0 Å². The number of benzene rings is 1. The Morgan fingerprint density at radius 1 is 1.12 bits per heavy atom. The van der Waals surface area contributed by atoms with Crippen LogP contribution >= 0.6 is 31.9 Å². The zero-order valence-corrected chi connectivity index (χ0v) is 11.3. The Kier molecular flexibility index (Phi) is 3.40. The second-order valence-corrected chi connectivity index (χ2v) is 4.80. The number of hydrogen-bond donors (Lipinski definition) is 2. The molecule has 1 aromatic carbocycles. The largest absolute Gasteiger partial charge is 0.383 e. The molecule has 2 rings (SSSR count). The van der Waals surface area contributed by atoms with Gasteiger partial charge >= 0.3 is 0 Å². The van der Waals surface area contributed by atoms with Crippen LogP contribution in [0.2, 0.25) is 0 Å². The van der Waals surface area contributed by atoms with Crippen LogP contribution in [0.4, 0.5) is 17.5 Å². The standard InChI is InChI=1S/C10H8Br2N4/c11-6-2-1-3-7(4-6)14-10-15-8(12)5-9(13)16-10/h1-5H,(H3,13,14,15,16). The van der Waals surface area contributed by atoms with Crippen molar-refractivity contribution in [3.63, 3.8) is 0 Å². The maximum absolute atomic E-state index is 5.61. The number of halogens is 2. The summed E-state index contributed by atoms with van der Waals surface area (Å²) in [6.45, 7) is 0.